The monoisotopic (exact) mass is 452 g/mol. The number of carboxylic acid groups (broad SMARTS) is 1. The van der Waals surface area contributed by atoms with Gasteiger partial charge in [-0.25, -0.2) is 4.57 Å². The van der Waals surface area contributed by atoms with Crippen LogP contribution in [0.2, 0.25) is 0 Å². The molecule has 7 heteroatoms. The third-order valence-electron chi connectivity index (χ3n) is 5.18. The number of aryl methyl sites for hydroxylation is 1. The predicted octanol–water partition coefficient (Wildman–Crippen LogP) is 5.62. The Kier molecular flexibility index (Phi) is 6.94. The van der Waals surface area contributed by atoms with Crippen molar-refractivity contribution in [1.29, 1.82) is 0 Å². The molecule has 1 N–H and O–H groups in total. The average Bonchev–Trinajstić information content (AvgIpc) is 3.34. The summed E-state index contributed by atoms with van der Waals surface area (Å²) >= 11 is 3.25. The zero-order chi connectivity index (χ0) is 21.6. The van der Waals surface area contributed by atoms with E-state index in [0.717, 1.165) is 34.2 Å². The van der Waals surface area contributed by atoms with Gasteiger partial charge in [0.05, 0.1) is 23.4 Å². The van der Waals surface area contributed by atoms with E-state index in [4.69, 9.17) is 4.99 Å². The number of aromatic nitrogens is 2. The lowest BCUT2D eigenvalue weighted by atomic mass is 10.2. The summed E-state index contributed by atoms with van der Waals surface area (Å²) in [5.74, 6) is -0.805. The van der Waals surface area contributed by atoms with Crippen LogP contribution in [0.3, 0.4) is 0 Å². The number of carbonyl (C=O) groups is 1. The zero-order valence-electron chi connectivity index (χ0n) is 17.5. The van der Waals surface area contributed by atoms with Gasteiger partial charge in [0.1, 0.15) is 5.52 Å². The van der Waals surface area contributed by atoms with Crippen LogP contribution in [0.15, 0.2) is 65.0 Å². The average molecular weight is 453 g/mol. The van der Waals surface area contributed by atoms with Crippen molar-refractivity contribution in [2.45, 2.75) is 45.7 Å². The standard InChI is InChI=1S/C24H25N3O2S2/c1-2-3-9-15-26-19-12-7-8-13-21(19)31-24(26)25-23-27(16-14-22(28)29)20(17-30-23)18-10-5-4-6-11-18/h4-8,10-13,17H,2-3,9,14-16H2,1H3/p+1. The van der Waals surface area contributed by atoms with Crippen molar-refractivity contribution < 1.29 is 14.5 Å². The Balaban J connectivity index is 1.83. The van der Waals surface area contributed by atoms with Crippen LogP contribution in [0.25, 0.3) is 21.5 Å². The van der Waals surface area contributed by atoms with Gasteiger partial charge >= 0.3 is 15.9 Å². The van der Waals surface area contributed by atoms with Crippen molar-refractivity contribution in [3.05, 3.63) is 64.8 Å². The molecule has 0 saturated carbocycles. The van der Waals surface area contributed by atoms with Gasteiger partial charge in [-0.2, -0.15) is 0 Å². The fourth-order valence-corrected chi connectivity index (χ4v) is 5.66. The number of para-hydroxylation sites is 1. The number of hydrogen-bond donors (Lipinski definition) is 1. The second-order valence-electron chi connectivity index (χ2n) is 7.39. The van der Waals surface area contributed by atoms with Gasteiger partial charge < -0.3 is 5.11 Å². The van der Waals surface area contributed by atoms with Crippen LogP contribution in [-0.4, -0.2) is 15.6 Å². The fraction of sp³-hybridized carbons (Fsp3) is 0.292. The first-order chi connectivity index (χ1) is 15.2. The molecule has 5 nitrogen and oxygen atoms in total. The summed E-state index contributed by atoms with van der Waals surface area (Å²) < 4.78 is 5.56. The van der Waals surface area contributed by atoms with Crippen LogP contribution in [0.5, 0.6) is 0 Å². The van der Waals surface area contributed by atoms with Crippen LogP contribution >= 0.6 is 22.7 Å². The molecule has 2 heterocycles. The molecule has 31 heavy (non-hydrogen) atoms. The summed E-state index contributed by atoms with van der Waals surface area (Å²) in [6, 6.07) is 18.5. The Morgan fingerprint density at radius 1 is 1.10 bits per heavy atom. The smallest absolute Gasteiger partial charge is 0.386 e. The molecule has 0 bridgehead atoms. The van der Waals surface area contributed by atoms with Crippen molar-refractivity contribution in [2.24, 2.45) is 4.99 Å². The number of carboxylic acids is 1. The normalized spacial score (nSPS) is 12.0. The number of fused-ring (bicyclic) bond motifs is 1. The van der Waals surface area contributed by atoms with E-state index in [0.29, 0.717) is 6.54 Å². The lowest BCUT2D eigenvalue weighted by Crippen LogP contribution is -2.33. The van der Waals surface area contributed by atoms with Crippen LogP contribution in [0.1, 0.15) is 32.6 Å². The van der Waals surface area contributed by atoms with Crippen molar-refractivity contribution >= 4 is 44.0 Å². The van der Waals surface area contributed by atoms with Crippen molar-refractivity contribution in [1.82, 2.24) is 4.57 Å². The summed E-state index contributed by atoms with van der Waals surface area (Å²) in [5.41, 5.74) is 3.28. The molecule has 160 valence electrons. The molecule has 0 radical (unpaired) electrons. The summed E-state index contributed by atoms with van der Waals surface area (Å²) in [6.45, 7) is 3.54. The minimum Gasteiger partial charge on any atom is -0.481 e. The maximum absolute atomic E-state index is 11.3. The number of aliphatic carboxylic acids is 1. The summed E-state index contributed by atoms with van der Waals surface area (Å²) in [4.78, 5) is 17.2. The molecule has 0 aliphatic heterocycles. The number of unbranched alkanes of at least 4 members (excludes halogenated alkanes) is 2. The summed E-state index contributed by atoms with van der Waals surface area (Å²) in [7, 11) is 0. The van der Waals surface area contributed by atoms with E-state index in [9.17, 15) is 9.90 Å². The zero-order valence-corrected chi connectivity index (χ0v) is 19.2. The quantitative estimate of drug-likeness (QED) is 0.265. The van der Waals surface area contributed by atoms with E-state index in [1.165, 1.54) is 23.1 Å². The number of rotatable bonds is 9. The van der Waals surface area contributed by atoms with Crippen LogP contribution < -0.4 is 9.37 Å². The number of hydrogen-bond acceptors (Lipinski definition) is 4. The number of nitrogens with zero attached hydrogens (tertiary/aromatic N) is 3. The van der Waals surface area contributed by atoms with Gasteiger partial charge in [-0.1, -0.05) is 67.1 Å². The van der Waals surface area contributed by atoms with Gasteiger partial charge in [-0.15, -0.1) is 0 Å². The van der Waals surface area contributed by atoms with E-state index in [1.54, 1.807) is 22.7 Å². The lowest BCUT2D eigenvalue weighted by molar-refractivity contribution is -0.655. The van der Waals surface area contributed by atoms with E-state index in [2.05, 4.69) is 41.1 Å². The topological polar surface area (TPSA) is 58.5 Å². The highest BCUT2D eigenvalue weighted by atomic mass is 32.1. The van der Waals surface area contributed by atoms with Gasteiger partial charge in [0.25, 0.3) is 0 Å². The van der Waals surface area contributed by atoms with Gasteiger partial charge in [0, 0.05) is 16.9 Å². The Morgan fingerprint density at radius 3 is 2.65 bits per heavy atom. The van der Waals surface area contributed by atoms with E-state index in [1.807, 2.05) is 34.9 Å². The molecule has 0 atom stereocenters. The molecule has 0 spiro atoms. The largest absolute Gasteiger partial charge is 0.481 e. The molecule has 2 aromatic carbocycles. The first-order valence-electron chi connectivity index (χ1n) is 10.6. The van der Waals surface area contributed by atoms with Crippen LogP contribution in [0.4, 0.5) is 5.13 Å². The molecule has 0 aliphatic rings. The first kappa shape index (κ1) is 21.5. The second kappa shape index (κ2) is 10.0. The SMILES string of the molecule is CCCCC[n+]1c(/N=c2\scc(-c3ccccc3)n2CCC(=O)O)sc2ccccc21. The van der Waals surface area contributed by atoms with Gasteiger partial charge in [-0.3, -0.25) is 9.36 Å². The van der Waals surface area contributed by atoms with E-state index < -0.39 is 5.97 Å². The molecule has 0 saturated heterocycles. The van der Waals surface area contributed by atoms with Crippen LogP contribution in [-0.2, 0) is 17.9 Å². The number of thiazole rings is 2. The second-order valence-corrected chi connectivity index (χ2v) is 9.23. The minimum absolute atomic E-state index is 0.0622. The highest BCUT2D eigenvalue weighted by Crippen LogP contribution is 2.27. The molecule has 4 rings (SSSR count). The van der Waals surface area contributed by atoms with Gasteiger partial charge in [0.2, 0.25) is 0 Å². The Morgan fingerprint density at radius 2 is 1.87 bits per heavy atom. The first-order valence-corrected chi connectivity index (χ1v) is 12.3. The van der Waals surface area contributed by atoms with E-state index in [-0.39, 0.29) is 6.42 Å². The molecule has 0 amide bonds. The van der Waals surface area contributed by atoms with Gasteiger partial charge in [-0.05, 0) is 41.9 Å². The van der Waals surface area contributed by atoms with Crippen LogP contribution in [0, 0.1) is 0 Å². The van der Waals surface area contributed by atoms with Gasteiger partial charge in [0.15, 0.2) is 0 Å². The highest BCUT2D eigenvalue weighted by molar-refractivity contribution is 7.21. The minimum atomic E-state index is -0.805. The van der Waals surface area contributed by atoms with Crippen molar-refractivity contribution in [2.75, 3.05) is 0 Å². The number of benzene rings is 2. The van der Waals surface area contributed by atoms with E-state index >= 15 is 0 Å². The Labute approximate surface area is 189 Å². The summed E-state index contributed by atoms with van der Waals surface area (Å²) in [5, 5.41) is 12.3. The molecule has 2 aromatic heterocycles. The molecule has 0 fully saturated rings. The maximum Gasteiger partial charge on any atom is 0.386 e. The third kappa shape index (κ3) is 4.94. The molecule has 4 aromatic rings. The third-order valence-corrected chi connectivity index (χ3v) is 7.10. The lowest BCUT2D eigenvalue weighted by Gasteiger charge is -2.06. The Hall–Kier alpha value is -2.77. The highest BCUT2D eigenvalue weighted by Gasteiger charge is 2.20. The molecule has 0 unspecified atom stereocenters. The molecule has 0 aliphatic carbocycles. The summed E-state index contributed by atoms with van der Waals surface area (Å²) in [6.07, 6.45) is 3.54. The maximum atomic E-state index is 11.3. The fourth-order valence-electron chi connectivity index (χ4n) is 3.61. The predicted molar refractivity (Wildman–Crippen MR) is 127 cm³/mol. The molecular weight excluding hydrogens is 426 g/mol. The Bertz CT molecular complexity index is 1240. The molecular formula is C24H26N3O2S2+. The van der Waals surface area contributed by atoms with Crippen molar-refractivity contribution in [3.8, 4) is 11.3 Å². The van der Waals surface area contributed by atoms with Crippen molar-refractivity contribution in [3.63, 3.8) is 0 Å².